The first-order valence-corrected chi connectivity index (χ1v) is 9.73. The molecule has 0 bridgehead atoms. The maximum Gasteiger partial charge on any atom is 0.255 e. The highest BCUT2D eigenvalue weighted by Crippen LogP contribution is 2.28. The number of carbonyl (C=O) groups is 1. The Morgan fingerprint density at radius 2 is 1.36 bits per heavy atom. The van der Waals surface area contributed by atoms with E-state index in [0.29, 0.717) is 5.56 Å². The summed E-state index contributed by atoms with van der Waals surface area (Å²) in [6.45, 7) is 5.79. The molecule has 4 rings (SSSR count). The number of para-hydroxylation sites is 3. The molecule has 1 saturated heterocycles. The maximum atomic E-state index is 12.7. The van der Waals surface area contributed by atoms with E-state index in [1.54, 1.807) is 0 Å². The van der Waals surface area contributed by atoms with Crippen LogP contribution in [0.1, 0.15) is 15.9 Å². The van der Waals surface area contributed by atoms with Crippen LogP contribution in [0.3, 0.4) is 0 Å². The molecule has 142 valence electrons. The number of rotatable bonds is 4. The SMILES string of the molecule is Cc1ccc(C(=O)Nc2ccccc2N2CCN(c3ccccc3)CC2)cc1. The van der Waals surface area contributed by atoms with Crippen molar-refractivity contribution in [1.29, 1.82) is 0 Å². The lowest BCUT2D eigenvalue weighted by Gasteiger charge is -2.38. The molecule has 0 saturated carbocycles. The second kappa shape index (κ2) is 8.17. The highest BCUT2D eigenvalue weighted by molar-refractivity contribution is 6.06. The molecular weight excluding hydrogens is 346 g/mol. The van der Waals surface area contributed by atoms with Gasteiger partial charge in [0.05, 0.1) is 11.4 Å². The first-order chi connectivity index (χ1) is 13.7. The highest BCUT2D eigenvalue weighted by Gasteiger charge is 2.20. The van der Waals surface area contributed by atoms with E-state index in [1.165, 1.54) is 5.69 Å². The van der Waals surface area contributed by atoms with Crippen molar-refractivity contribution in [3.8, 4) is 0 Å². The van der Waals surface area contributed by atoms with Gasteiger partial charge in [-0.25, -0.2) is 0 Å². The van der Waals surface area contributed by atoms with Crippen LogP contribution in [-0.2, 0) is 0 Å². The average Bonchev–Trinajstić information content (AvgIpc) is 2.75. The Morgan fingerprint density at radius 3 is 2.07 bits per heavy atom. The maximum absolute atomic E-state index is 12.7. The van der Waals surface area contributed by atoms with Crippen molar-refractivity contribution in [1.82, 2.24) is 0 Å². The summed E-state index contributed by atoms with van der Waals surface area (Å²) in [5.41, 5.74) is 5.03. The van der Waals surface area contributed by atoms with E-state index >= 15 is 0 Å². The zero-order chi connectivity index (χ0) is 19.3. The van der Waals surface area contributed by atoms with Gasteiger partial charge >= 0.3 is 0 Å². The van der Waals surface area contributed by atoms with E-state index in [2.05, 4.69) is 45.4 Å². The Balaban J connectivity index is 1.46. The molecule has 1 fully saturated rings. The van der Waals surface area contributed by atoms with E-state index in [-0.39, 0.29) is 5.91 Å². The summed E-state index contributed by atoms with van der Waals surface area (Å²) >= 11 is 0. The molecule has 0 atom stereocenters. The van der Waals surface area contributed by atoms with Crippen LogP contribution in [-0.4, -0.2) is 32.1 Å². The van der Waals surface area contributed by atoms with Gasteiger partial charge in [0.2, 0.25) is 0 Å². The number of amides is 1. The summed E-state index contributed by atoms with van der Waals surface area (Å²) in [6.07, 6.45) is 0. The number of nitrogens with zero attached hydrogens (tertiary/aromatic N) is 2. The third-order valence-electron chi connectivity index (χ3n) is 5.21. The molecule has 1 N–H and O–H groups in total. The first kappa shape index (κ1) is 18.1. The Morgan fingerprint density at radius 1 is 0.750 bits per heavy atom. The standard InChI is InChI=1S/C24H25N3O/c1-19-11-13-20(14-12-19)24(28)25-22-9-5-6-10-23(22)27-17-15-26(16-18-27)21-7-3-2-4-8-21/h2-14H,15-18H2,1H3,(H,25,28). The molecule has 0 aliphatic carbocycles. The fourth-order valence-electron chi connectivity index (χ4n) is 3.60. The molecule has 0 aromatic heterocycles. The number of aryl methyl sites for hydroxylation is 1. The van der Waals surface area contributed by atoms with Gasteiger partial charge in [-0.3, -0.25) is 4.79 Å². The first-order valence-electron chi connectivity index (χ1n) is 9.73. The monoisotopic (exact) mass is 371 g/mol. The summed E-state index contributed by atoms with van der Waals surface area (Å²) in [5.74, 6) is -0.0737. The summed E-state index contributed by atoms with van der Waals surface area (Å²) in [6, 6.07) is 26.2. The molecule has 3 aromatic rings. The van der Waals surface area contributed by atoms with E-state index in [0.717, 1.165) is 43.1 Å². The van der Waals surface area contributed by atoms with Gasteiger partial charge in [-0.2, -0.15) is 0 Å². The molecule has 3 aromatic carbocycles. The van der Waals surface area contributed by atoms with Gasteiger partial charge < -0.3 is 15.1 Å². The molecule has 1 heterocycles. The van der Waals surface area contributed by atoms with Crippen molar-refractivity contribution in [3.05, 3.63) is 90.0 Å². The molecule has 1 aliphatic heterocycles. The molecule has 28 heavy (non-hydrogen) atoms. The largest absolute Gasteiger partial charge is 0.368 e. The Hall–Kier alpha value is -3.27. The van der Waals surface area contributed by atoms with Crippen LogP contribution < -0.4 is 15.1 Å². The van der Waals surface area contributed by atoms with Crippen molar-refractivity contribution in [2.75, 3.05) is 41.3 Å². The number of carbonyl (C=O) groups excluding carboxylic acids is 1. The predicted molar refractivity (Wildman–Crippen MR) is 116 cm³/mol. The second-order valence-corrected chi connectivity index (χ2v) is 7.15. The molecule has 1 amide bonds. The molecule has 1 aliphatic rings. The number of nitrogens with one attached hydrogen (secondary N) is 1. The fraction of sp³-hybridized carbons (Fsp3) is 0.208. The van der Waals surface area contributed by atoms with Gasteiger partial charge in [0.25, 0.3) is 5.91 Å². The van der Waals surface area contributed by atoms with Crippen molar-refractivity contribution >= 4 is 23.0 Å². The van der Waals surface area contributed by atoms with Gasteiger partial charge in [0.1, 0.15) is 0 Å². The zero-order valence-electron chi connectivity index (χ0n) is 16.1. The van der Waals surface area contributed by atoms with Crippen LogP contribution in [0.15, 0.2) is 78.9 Å². The average molecular weight is 371 g/mol. The van der Waals surface area contributed by atoms with E-state index in [4.69, 9.17) is 0 Å². The molecule has 4 nitrogen and oxygen atoms in total. The van der Waals surface area contributed by atoms with Crippen LogP contribution in [0.25, 0.3) is 0 Å². The van der Waals surface area contributed by atoms with Crippen LogP contribution >= 0.6 is 0 Å². The predicted octanol–water partition coefficient (Wildman–Crippen LogP) is 4.57. The zero-order valence-corrected chi connectivity index (χ0v) is 16.1. The smallest absolute Gasteiger partial charge is 0.255 e. The van der Waals surface area contributed by atoms with Gasteiger partial charge in [0, 0.05) is 37.4 Å². The van der Waals surface area contributed by atoms with Crippen LogP contribution in [0.2, 0.25) is 0 Å². The molecule has 0 unspecified atom stereocenters. The van der Waals surface area contributed by atoms with Crippen molar-refractivity contribution in [3.63, 3.8) is 0 Å². The van der Waals surface area contributed by atoms with E-state index in [9.17, 15) is 4.79 Å². The summed E-state index contributed by atoms with van der Waals surface area (Å²) in [7, 11) is 0. The minimum Gasteiger partial charge on any atom is -0.368 e. The third-order valence-corrected chi connectivity index (χ3v) is 5.21. The lowest BCUT2D eigenvalue weighted by atomic mass is 10.1. The van der Waals surface area contributed by atoms with Gasteiger partial charge in [-0.1, -0.05) is 48.0 Å². The van der Waals surface area contributed by atoms with Gasteiger partial charge in [-0.05, 0) is 43.3 Å². The quantitative estimate of drug-likeness (QED) is 0.729. The van der Waals surface area contributed by atoms with Crippen molar-refractivity contribution in [2.24, 2.45) is 0 Å². The minimum absolute atomic E-state index is 0.0737. The van der Waals surface area contributed by atoms with Crippen LogP contribution in [0.5, 0.6) is 0 Å². The topological polar surface area (TPSA) is 35.6 Å². The molecule has 0 spiro atoms. The number of hydrogen-bond acceptors (Lipinski definition) is 3. The lowest BCUT2D eigenvalue weighted by Crippen LogP contribution is -2.46. The molecule has 4 heteroatoms. The van der Waals surface area contributed by atoms with Crippen molar-refractivity contribution in [2.45, 2.75) is 6.92 Å². The fourth-order valence-corrected chi connectivity index (χ4v) is 3.60. The lowest BCUT2D eigenvalue weighted by molar-refractivity contribution is 0.102. The number of piperazine rings is 1. The van der Waals surface area contributed by atoms with E-state index < -0.39 is 0 Å². The van der Waals surface area contributed by atoms with Crippen LogP contribution in [0, 0.1) is 6.92 Å². The summed E-state index contributed by atoms with van der Waals surface area (Å²) in [4.78, 5) is 17.4. The Bertz CT molecular complexity index is 930. The summed E-state index contributed by atoms with van der Waals surface area (Å²) in [5, 5.41) is 3.09. The number of benzene rings is 3. The van der Waals surface area contributed by atoms with Gasteiger partial charge in [-0.15, -0.1) is 0 Å². The molecule has 0 radical (unpaired) electrons. The summed E-state index contributed by atoms with van der Waals surface area (Å²) < 4.78 is 0. The van der Waals surface area contributed by atoms with Crippen molar-refractivity contribution < 1.29 is 4.79 Å². The Kier molecular flexibility index (Phi) is 5.29. The Labute approximate surface area is 166 Å². The van der Waals surface area contributed by atoms with Gasteiger partial charge in [0.15, 0.2) is 0 Å². The number of hydrogen-bond donors (Lipinski definition) is 1. The highest BCUT2D eigenvalue weighted by atomic mass is 16.1. The third kappa shape index (κ3) is 4.01. The van der Waals surface area contributed by atoms with E-state index in [1.807, 2.05) is 55.5 Å². The second-order valence-electron chi connectivity index (χ2n) is 7.15. The number of anilines is 3. The minimum atomic E-state index is -0.0737. The normalized spacial score (nSPS) is 14.0. The van der Waals surface area contributed by atoms with Crippen LogP contribution in [0.4, 0.5) is 17.1 Å². The molecular formula is C24H25N3O.